The lowest BCUT2D eigenvalue weighted by Crippen LogP contribution is -2.10. The molecule has 0 bridgehead atoms. The molecule has 1 aromatic carbocycles. The van der Waals surface area contributed by atoms with E-state index in [-0.39, 0.29) is 0 Å². The minimum atomic E-state index is 0.634. The van der Waals surface area contributed by atoms with Gasteiger partial charge in [-0.2, -0.15) is 0 Å². The van der Waals surface area contributed by atoms with E-state index in [1.54, 1.807) is 19.5 Å². The topological polar surface area (TPSA) is 86.0 Å². The molecule has 2 heterocycles. The zero-order chi connectivity index (χ0) is 17.6. The summed E-state index contributed by atoms with van der Waals surface area (Å²) in [6.45, 7) is 3.50. The van der Waals surface area contributed by atoms with Crippen LogP contribution >= 0.6 is 0 Å². The van der Waals surface area contributed by atoms with Crippen molar-refractivity contribution in [3.8, 4) is 17.0 Å². The van der Waals surface area contributed by atoms with Crippen molar-refractivity contribution in [2.24, 2.45) is 5.73 Å². The molecule has 0 saturated carbocycles. The fourth-order valence-electron chi connectivity index (χ4n) is 2.77. The molecule has 0 aliphatic rings. The van der Waals surface area contributed by atoms with Gasteiger partial charge in [0.2, 0.25) is 0 Å². The van der Waals surface area contributed by atoms with Gasteiger partial charge in [0.1, 0.15) is 11.3 Å². The average molecular weight is 337 g/mol. The number of nitrogens with two attached hydrogens (primary N) is 1. The minimum absolute atomic E-state index is 0.634. The molecule has 0 saturated heterocycles. The summed E-state index contributed by atoms with van der Waals surface area (Å²) < 4.78 is 5.42. The fraction of sp³-hybridized carbons (Fsp3) is 0.316. The molecular weight excluding hydrogens is 314 g/mol. The largest absolute Gasteiger partial charge is 0.496 e. The van der Waals surface area contributed by atoms with E-state index in [2.05, 4.69) is 28.3 Å². The third-order valence-electron chi connectivity index (χ3n) is 4.09. The Balaban J connectivity index is 2.07. The number of pyridine rings is 1. The second-order valence-electron chi connectivity index (χ2n) is 5.73. The van der Waals surface area contributed by atoms with Crippen LogP contribution in [-0.4, -0.2) is 35.2 Å². The average Bonchev–Trinajstić information content (AvgIpc) is 2.67. The summed E-state index contributed by atoms with van der Waals surface area (Å²) >= 11 is 0. The maximum absolute atomic E-state index is 5.59. The molecule has 2 aromatic heterocycles. The highest BCUT2D eigenvalue weighted by atomic mass is 16.5. The number of anilines is 1. The fourth-order valence-corrected chi connectivity index (χ4v) is 2.77. The van der Waals surface area contributed by atoms with Crippen molar-refractivity contribution in [1.82, 2.24) is 15.0 Å². The second-order valence-corrected chi connectivity index (χ2v) is 5.73. The Hall–Kier alpha value is -2.73. The number of hydrogen-bond donors (Lipinski definition) is 2. The summed E-state index contributed by atoms with van der Waals surface area (Å²) in [5.74, 6) is 1.64. The molecular formula is C19H23N5O. The van der Waals surface area contributed by atoms with Crippen LogP contribution < -0.4 is 15.8 Å². The first kappa shape index (κ1) is 17.1. The van der Waals surface area contributed by atoms with Crippen LogP contribution in [0.4, 0.5) is 5.82 Å². The van der Waals surface area contributed by atoms with Crippen LogP contribution in [0.3, 0.4) is 0 Å². The zero-order valence-corrected chi connectivity index (χ0v) is 14.6. The van der Waals surface area contributed by atoms with Gasteiger partial charge >= 0.3 is 0 Å². The van der Waals surface area contributed by atoms with E-state index >= 15 is 0 Å². The lowest BCUT2D eigenvalue weighted by atomic mass is 10.0. The minimum Gasteiger partial charge on any atom is -0.496 e. The van der Waals surface area contributed by atoms with E-state index in [4.69, 9.17) is 15.5 Å². The summed E-state index contributed by atoms with van der Waals surface area (Å²) in [6, 6.07) is 8.09. The zero-order valence-electron chi connectivity index (χ0n) is 14.6. The molecule has 3 aromatic rings. The van der Waals surface area contributed by atoms with Crippen molar-refractivity contribution in [3.63, 3.8) is 0 Å². The van der Waals surface area contributed by atoms with Gasteiger partial charge in [0.05, 0.1) is 18.3 Å². The molecule has 3 rings (SSSR count). The lowest BCUT2D eigenvalue weighted by molar-refractivity contribution is 0.410. The molecule has 6 nitrogen and oxygen atoms in total. The van der Waals surface area contributed by atoms with Gasteiger partial charge in [0, 0.05) is 24.5 Å². The monoisotopic (exact) mass is 337 g/mol. The molecule has 130 valence electrons. The number of nitrogens with zero attached hydrogens (tertiary/aromatic N) is 3. The molecule has 0 aliphatic carbocycles. The predicted octanol–water partition coefficient (Wildman–Crippen LogP) is 3.02. The Kier molecular flexibility index (Phi) is 5.40. The molecule has 0 aliphatic heterocycles. The predicted molar refractivity (Wildman–Crippen MR) is 101 cm³/mol. The van der Waals surface area contributed by atoms with Crippen LogP contribution in [0.15, 0.2) is 36.7 Å². The van der Waals surface area contributed by atoms with Crippen molar-refractivity contribution in [1.29, 1.82) is 0 Å². The summed E-state index contributed by atoms with van der Waals surface area (Å²) in [6.07, 6.45) is 5.14. The van der Waals surface area contributed by atoms with Crippen LogP contribution in [0.1, 0.15) is 18.9 Å². The van der Waals surface area contributed by atoms with Gasteiger partial charge in [-0.1, -0.05) is 6.92 Å². The maximum Gasteiger partial charge on any atom is 0.154 e. The molecule has 0 spiro atoms. The van der Waals surface area contributed by atoms with Gasteiger partial charge in [-0.25, -0.2) is 9.97 Å². The number of methoxy groups -OCH3 is 1. The van der Waals surface area contributed by atoms with E-state index in [1.165, 1.54) is 0 Å². The van der Waals surface area contributed by atoms with Crippen LogP contribution in [0.2, 0.25) is 0 Å². The highest BCUT2D eigenvalue weighted by Gasteiger charge is 2.11. The van der Waals surface area contributed by atoms with Crippen LogP contribution in [0.5, 0.6) is 5.75 Å². The van der Waals surface area contributed by atoms with Gasteiger partial charge in [0.15, 0.2) is 5.82 Å². The molecule has 0 amide bonds. The Morgan fingerprint density at radius 1 is 1.16 bits per heavy atom. The molecule has 0 fully saturated rings. The quantitative estimate of drug-likeness (QED) is 0.645. The normalized spacial score (nSPS) is 10.8. The highest BCUT2D eigenvalue weighted by Crippen LogP contribution is 2.29. The van der Waals surface area contributed by atoms with Gasteiger partial charge in [-0.05, 0) is 49.2 Å². The van der Waals surface area contributed by atoms with Crippen molar-refractivity contribution < 1.29 is 4.74 Å². The van der Waals surface area contributed by atoms with Gasteiger partial charge in [-0.3, -0.25) is 4.98 Å². The number of benzene rings is 1. The van der Waals surface area contributed by atoms with Crippen LogP contribution in [0, 0.1) is 0 Å². The first-order valence-electron chi connectivity index (χ1n) is 8.49. The third-order valence-corrected chi connectivity index (χ3v) is 4.09. The van der Waals surface area contributed by atoms with Crippen molar-refractivity contribution in [2.75, 3.05) is 25.5 Å². The Bertz CT molecular complexity index is 866. The summed E-state index contributed by atoms with van der Waals surface area (Å²) in [5.41, 5.74) is 10.2. The van der Waals surface area contributed by atoms with E-state index in [9.17, 15) is 0 Å². The van der Waals surface area contributed by atoms with E-state index in [0.717, 1.165) is 58.8 Å². The highest BCUT2D eigenvalue weighted by molar-refractivity contribution is 5.88. The standard InChI is InChI=1S/C19H23N5O/c1-3-13-11-14(5-6-17(13)25-2)15-12-16-18(22-10-9-21-16)19(24-15)23-8-4-7-20/h5-6,9-12H,3-4,7-8,20H2,1-2H3,(H,23,24). The van der Waals surface area contributed by atoms with Crippen molar-refractivity contribution in [3.05, 3.63) is 42.2 Å². The van der Waals surface area contributed by atoms with Gasteiger partial charge < -0.3 is 15.8 Å². The SMILES string of the molecule is CCc1cc(-c2cc3nccnc3c(NCCCN)n2)ccc1OC. The van der Waals surface area contributed by atoms with Crippen molar-refractivity contribution >= 4 is 16.9 Å². The maximum atomic E-state index is 5.59. The number of aryl methyl sites for hydroxylation is 1. The molecule has 0 radical (unpaired) electrons. The molecule has 6 heteroatoms. The summed E-state index contributed by atoms with van der Waals surface area (Å²) in [4.78, 5) is 13.6. The van der Waals surface area contributed by atoms with Crippen LogP contribution in [0.25, 0.3) is 22.3 Å². The van der Waals surface area contributed by atoms with Crippen molar-refractivity contribution in [2.45, 2.75) is 19.8 Å². The smallest absolute Gasteiger partial charge is 0.154 e. The number of rotatable bonds is 7. The number of nitrogens with one attached hydrogen (secondary N) is 1. The number of ether oxygens (including phenoxy) is 1. The summed E-state index contributed by atoms with van der Waals surface area (Å²) in [5, 5.41) is 3.33. The van der Waals surface area contributed by atoms with E-state index in [0.29, 0.717) is 6.54 Å². The Labute approximate surface area is 147 Å². The second kappa shape index (κ2) is 7.90. The Morgan fingerprint density at radius 2 is 2.00 bits per heavy atom. The molecule has 3 N–H and O–H groups in total. The number of hydrogen-bond acceptors (Lipinski definition) is 6. The van der Waals surface area contributed by atoms with Gasteiger partial charge in [0.25, 0.3) is 0 Å². The third kappa shape index (κ3) is 3.69. The molecule has 0 unspecified atom stereocenters. The summed E-state index contributed by atoms with van der Waals surface area (Å²) in [7, 11) is 1.69. The lowest BCUT2D eigenvalue weighted by Gasteiger charge is -2.12. The number of fused-ring (bicyclic) bond motifs is 1. The molecule has 25 heavy (non-hydrogen) atoms. The Morgan fingerprint density at radius 3 is 2.76 bits per heavy atom. The van der Waals surface area contributed by atoms with Crippen LogP contribution in [-0.2, 0) is 6.42 Å². The molecule has 0 atom stereocenters. The first-order chi connectivity index (χ1) is 12.3. The van der Waals surface area contributed by atoms with E-state index < -0.39 is 0 Å². The van der Waals surface area contributed by atoms with E-state index in [1.807, 2.05) is 18.2 Å². The number of aromatic nitrogens is 3. The van der Waals surface area contributed by atoms with Gasteiger partial charge in [-0.15, -0.1) is 0 Å². The first-order valence-corrected chi connectivity index (χ1v) is 8.49.